The molecule has 0 heterocycles. The topological polar surface area (TPSA) is 26.0 Å². The number of hydrogen-bond donors (Lipinski definition) is 1. The standard InChI is InChI=1S/C11H13BrClN/c1-11(2)9(10(11)14)8-6(12)4-3-5-7(8)13/h3-5,9-10H,14H2,1-2H3. The van der Waals surface area contributed by atoms with E-state index in [4.69, 9.17) is 17.3 Å². The first-order valence-corrected chi connectivity index (χ1v) is 5.83. The monoisotopic (exact) mass is 273 g/mol. The predicted molar refractivity (Wildman–Crippen MR) is 63.6 cm³/mol. The van der Waals surface area contributed by atoms with Crippen LogP contribution in [0.1, 0.15) is 25.3 Å². The van der Waals surface area contributed by atoms with Crippen LogP contribution in [0, 0.1) is 5.41 Å². The molecule has 1 aliphatic rings. The lowest BCUT2D eigenvalue weighted by molar-refractivity contribution is 0.598. The molecule has 0 spiro atoms. The summed E-state index contributed by atoms with van der Waals surface area (Å²) in [5.41, 5.74) is 7.37. The van der Waals surface area contributed by atoms with Crippen molar-refractivity contribution in [2.75, 3.05) is 0 Å². The molecule has 0 aliphatic heterocycles. The van der Waals surface area contributed by atoms with Crippen molar-refractivity contribution in [3.8, 4) is 0 Å². The molecule has 1 fully saturated rings. The Morgan fingerprint density at radius 3 is 2.43 bits per heavy atom. The molecule has 1 aliphatic carbocycles. The van der Waals surface area contributed by atoms with Crippen molar-refractivity contribution >= 4 is 27.5 Å². The smallest absolute Gasteiger partial charge is 0.0452 e. The van der Waals surface area contributed by atoms with Crippen molar-refractivity contribution in [1.82, 2.24) is 0 Å². The van der Waals surface area contributed by atoms with Crippen LogP contribution in [-0.4, -0.2) is 6.04 Å². The summed E-state index contributed by atoms with van der Waals surface area (Å²) in [5.74, 6) is 0.380. The molecule has 2 N–H and O–H groups in total. The Balaban J connectivity index is 2.44. The van der Waals surface area contributed by atoms with Crippen LogP contribution in [0.5, 0.6) is 0 Å². The zero-order valence-corrected chi connectivity index (χ0v) is 10.6. The van der Waals surface area contributed by atoms with Crippen LogP contribution in [0.4, 0.5) is 0 Å². The zero-order chi connectivity index (χ0) is 10.5. The van der Waals surface area contributed by atoms with Crippen molar-refractivity contribution < 1.29 is 0 Å². The Hall–Kier alpha value is -0.0500. The van der Waals surface area contributed by atoms with Crippen LogP contribution in [0.25, 0.3) is 0 Å². The van der Waals surface area contributed by atoms with E-state index in [-0.39, 0.29) is 11.5 Å². The van der Waals surface area contributed by atoms with E-state index in [1.165, 1.54) is 0 Å². The molecule has 76 valence electrons. The van der Waals surface area contributed by atoms with Gasteiger partial charge < -0.3 is 5.73 Å². The van der Waals surface area contributed by atoms with E-state index in [2.05, 4.69) is 29.8 Å². The second kappa shape index (κ2) is 3.22. The summed E-state index contributed by atoms with van der Waals surface area (Å²) in [4.78, 5) is 0. The lowest BCUT2D eigenvalue weighted by Gasteiger charge is -2.07. The van der Waals surface area contributed by atoms with Crippen molar-refractivity contribution in [3.05, 3.63) is 33.3 Å². The molecule has 0 bridgehead atoms. The van der Waals surface area contributed by atoms with E-state index >= 15 is 0 Å². The molecule has 14 heavy (non-hydrogen) atoms. The normalized spacial score (nSPS) is 28.9. The minimum absolute atomic E-state index is 0.174. The molecule has 1 nitrogen and oxygen atoms in total. The maximum atomic E-state index is 6.17. The Kier molecular flexibility index (Phi) is 2.41. The second-order valence-corrected chi connectivity index (χ2v) is 5.72. The summed E-state index contributed by atoms with van der Waals surface area (Å²) in [6.45, 7) is 4.36. The molecule has 2 atom stereocenters. The van der Waals surface area contributed by atoms with Gasteiger partial charge in [-0.05, 0) is 23.1 Å². The zero-order valence-electron chi connectivity index (χ0n) is 8.22. The molecule has 0 radical (unpaired) electrons. The molecule has 1 aromatic carbocycles. The lowest BCUT2D eigenvalue weighted by Crippen LogP contribution is -2.06. The Labute approximate surface area is 97.8 Å². The van der Waals surface area contributed by atoms with E-state index in [0.29, 0.717) is 5.92 Å². The quantitative estimate of drug-likeness (QED) is 0.833. The van der Waals surface area contributed by atoms with E-state index < -0.39 is 0 Å². The number of benzene rings is 1. The molecule has 0 amide bonds. The first-order chi connectivity index (χ1) is 6.46. The van der Waals surface area contributed by atoms with Crippen LogP contribution in [0.15, 0.2) is 22.7 Å². The molecular formula is C11H13BrClN. The minimum Gasteiger partial charge on any atom is -0.327 e. The second-order valence-electron chi connectivity index (χ2n) is 4.46. The number of hydrogen-bond acceptors (Lipinski definition) is 1. The third-order valence-electron chi connectivity index (χ3n) is 3.22. The van der Waals surface area contributed by atoms with Gasteiger partial charge in [-0.3, -0.25) is 0 Å². The Morgan fingerprint density at radius 1 is 1.43 bits per heavy atom. The highest BCUT2D eigenvalue weighted by atomic mass is 79.9. The predicted octanol–water partition coefficient (Wildman–Crippen LogP) is 3.55. The van der Waals surface area contributed by atoms with Crippen LogP contribution < -0.4 is 5.73 Å². The maximum absolute atomic E-state index is 6.17. The summed E-state index contributed by atoms with van der Waals surface area (Å²) in [6, 6.07) is 6.10. The van der Waals surface area contributed by atoms with Gasteiger partial charge in [0.05, 0.1) is 0 Å². The molecule has 1 saturated carbocycles. The van der Waals surface area contributed by atoms with Gasteiger partial charge in [0, 0.05) is 21.5 Å². The van der Waals surface area contributed by atoms with E-state index in [0.717, 1.165) is 15.1 Å². The van der Waals surface area contributed by atoms with Crippen LogP contribution in [-0.2, 0) is 0 Å². The van der Waals surface area contributed by atoms with E-state index in [1.807, 2.05) is 18.2 Å². The van der Waals surface area contributed by atoms with Gasteiger partial charge in [-0.2, -0.15) is 0 Å². The fraction of sp³-hybridized carbons (Fsp3) is 0.455. The van der Waals surface area contributed by atoms with Crippen LogP contribution >= 0.6 is 27.5 Å². The molecule has 0 aromatic heterocycles. The van der Waals surface area contributed by atoms with Crippen molar-refractivity contribution in [2.45, 2.75) is 25.8 Å². The minimum atomic E-state index is 0.174. The Morgan fingerprint density at radius 2 is 2.00 bits per heavy atom. The first kappa shape index (κ1) is 10.5. The SMILES string of the molecule is CC1(C)C(N)C1c1c(Cl)cccc1Br. The van der Waals surface area contributed by atoms with Gasteiger partial charge in [-0.25, -0.2) is 0 Å². The Bertz CT molecular complexity index is 355. The summed E-state index contributed by atoms with van der Waals surface area (Å²) in [7, 11) is 0. The van der Waals surface area contributed by atoms with Gasteiger partial charge in [-0.15, -0.1) is 0 Å². The average Bonchev–Trinajstić information content (AvgIpc) is 2.54. The number of rotatable bonds is 1. The molecule has 2 rings (SSSR count). The lowest BCUT2D eigenvalue weighted by atomic mass is 10.0. The average molecular weight is 275 g/mol. The van der Waals surface area contributed by atoms with E-state index in [1.54, 1.807) is 0 Å². The summed E-state index contributed by atoms with van der Waals surface area (Å²) in [5, 5.41) is 0.811. The number of nitrogens with two attached hydrogens (primary N) is 1. The fourth-order valence-corrected chi connectivity index (χ4v) is 3.06. The van der Waals surface area contributed by atoms with E-state index in [9.17, 15) is 0 Å². The van der Waals surface area contributed by atoms with Crippen molar-refractivity contribution in [2.24, 2.45) is 11.1 Å². The fourth-order valence-electron chi connectivity index (χ4n) is 2.04. The third kappa shape index (κ3) is 1.40. The molecule has 0 saturated heterocycles. The van der Waals surface area contributed by atoms with Gasteiger partial charge in [0.25, 0.3) is 0 Å². The molecule has 3 heteroatoms. The highest BCUT2D eigenvalue weighted by Gasteiger charge is 2.57. The van der Waals surface area contributed by atoms with Crippen molar-refractivity contribution in [1.29, 1.82) is 0 Å². The highest BCUT2D eigenvalue weighted by Crippen LogP contribution is 2.59. The van der Waals surface area contributed by atoms with Gasteiger partial charge in [0.1, 0.15) is 0 Å². The summed E-state index contributed by atoms with van der Waals surface area (Å²) >= 11 is 9.70. The third-order valence-corrected chi connectivity index (χ3v) is 4.24. The highest BCUT2D eigenvalue weighted by molar-refractivity contribution is 9.10. The van der Waals surface area contributed by atoms with Gasteiger partial charge in [0.15, 0.2) is 0 Å². The van der Waals surface area contributed by atoms with Gasteiger partial charge in [-0.1, -0.05) is 47.4 Å². The summed E-state index contributed by atoms with van der Waals surface area (Å²) in [6.07, 6.45) is 0. The molecule has 1 aromatic rings. The van der Waals surface area contributed by atoms with Crippen LogP contribution in [0.3, 0.4) is 0 Å². The van der Waals surface area contributed by atoms with Gasteiger partial charge >= 0.3 is 0 Å². The molecule has 2 unspecified atom stereocenters. The first-order valence-electron chi connectivity index (χ1n) is 4.65. The maximum Gasteiger partial charge on any atom is 0.0452 e. The van der Waals surface area contributed by atoms with Crippen LogP contribution in [0.2, 0.25) is 5.02 Å². The summed E-state index contributed by atoms with van der Waals surface area (Å²) < 4.78 is 1.07. The largest absolute Gasteiger partial charge is 0.327 e. The van der Waals surface area contributed by atoms with Crippen molar-refractivity contribution in [3.63, 3.8) is 0 Å². The van der Waals surface area contributed by atoms with Gasteiger partial charge in [0.2, 0.25) is 0 Å². The number of halogens is 2. The molecular weight excluding hydrogens is 261 g/mol.